The Hall–Kier alpha value is -2.44. The number of likely N-dealkylation sites (tertiary alicyclic amines) is 1. The molecule has 2 rings (SSSR count). The Morgan fingerprint density at radius 3 is 2.71 bits per heavy atom. The van der Waals surface area contributed by atoms with Gasteiger partial charge in [-0.2, -0.15) is 0 Å². The predicted molar refractivity (Wildman–Crippen MR) is 73.9 cm³/mol. The molecule has 1 fully saturated rings. The number of carboxylic acids is 1. The SMILES string of the molecule is CN(C)C(=O)C1CCCN1C(=O)c1ncccc1C(=O)O. The van der Waals surface area contributed by atoms with Crippen LogP contribution in [-0.4, -0.2) is 64.4 Å². The average molecular weight is 291 g/mol. The van der Waals surface area contributed by atoms with Crippen LogP contribution in [0.25, 0.3) is 0 Å². The molecular weight excluding hydrogens is 274 g/mol. The lowest BCUT2D eigenvalue weighted by Gasteiger charge is -2.26. The predicted octanol–water partition coefficient (Wildman–Crippen LogP) is 0.473. The quantitative estimate of drug-likeness (QED) is 0.874. The highest BCUT2D eigenvalue weighted by molar-refractivity contribution is 6.04. The fourth-order valence-electron chi connectivity index (χ4n) is 2.45. The summed E-state index contributed by atoms with van der Waals surface area (Å²) in [5, 5.41) is 9.13. The minimum Gasteiger partial charge on any atom is -0.478 e. The van der Waals surface area contributed by atoms with Crippen LogP contribution in [0, 0.1) is 0 Å². The second-order valence-electron chi connectivity index (χ2n) is 5.09. The highest BCUT2D eigenvalue weighted by Crippen LogP contribution is 2.22. The molecule has 1 saturated heterocycles. The average Bonchev–Trinajstić information content (AvgIpc) is 2.94. The summed E-state index contributed by atoms with van der Waals surface area (Å²) < 4.78 is 0. The van der Waals surface area contributed by atoms with E-state index in [2.05, 4.69) is 4.98 Å². The Kier molecular flexibility index (Phi) is 4.21. The van der Waals surface area contributed by atoms with Crippen molar-refractivity contribution < 1.29 is 19.5 Å². The molecule has 1 aliphatic heterocycles. The second-order valence-corrected chi connectivity index (χ2v) is 5.09. The van der Waals surface area contributed by atoms with Gasteiger partial charge in [-0.15, -0.1) is 0 Å². The first-order valence-corrected chi connectivity index (χ1v) is 6.64. The highest BCUT2D eigenvalue weighted by atomic mass is 16.4. The number of hydrogen-bond donors (Lipinski definition) is 1. The number of nitrogens with zero attached hydrogens (tertiary/aromatic N) is 3. The molecule has 0 bridgehead atoms. The van der Waals surface area contributed by atoms with E-state index < -0.39 is 17.9 Å². The zero-order valence-corrected chi connectivity index (χ0v) is 11.9. The van der Waals surface area contributed by atoms with Crippen LogP contribution in [0.2, 0.25) is 0 Å². The van der Waals surface area contributed by atoms with Crippen LogP contribution in [-0.2, 0) is 4.79 Å². The Morgan fingerprint density at radius 2 is 2.10 bits per heavy atom. The largest absolute Gasteiger partial charge is 0.478 e. The van der Waals surface area contributed by atoms with E-state index in [-0.39, 0.29) is 17.2 Å². The van der Waals surface area contributed by atoms with Crippen molar-refractivity contribution in [1.82, 2.24) is 14.8 Å². The summed E-state index contributed by atoms with van der Waals surface area (Å²) in [4.78, 5) is 42.6. The van der Waals surface area contributed by atoms with Gasteiger partial charge in [0.2, 0.25) is 5.91 Å². The first-order chi connectivity index (χ1) is 9.93. The van der Waals surface area contributed by atoms with Crippen molar-refractivity contribution in [2.75, 3.05) is 20.6 Å². The zero-order chi connectivity index (χ0) is 15.6. The Bertz CT molecular complexity index is 585. The molecule has 0 aromatic carbocycles. The van der Waals surface area contributed by atoms with Gasteiger partial charge in [-0.3, -0.25) is 14.6 Å². The lowest BCUT2D eigenvalue weighted by atomic mass is 10.1. The second kappa shape index (κ2) is 5.90. The molecule has 0 saturated carbocycles. The number of aromatic nitrogens is 1. The van der Waals surface area contributed by atoms with Crippen molar-refractivity contribution in [3.63, 3.8) is 0 Å². The molecule has 7 nitrogen and oxygen atoms in total. The number of carboxylic acid groups (broad SMARTS) is 1. The summed E-state index contributed by atoms with van der Waals surface area (Å²) in [6.07, 6.45) is 2.67. The van der Waals surface area contributed by atoms with Gasteiger partial charge < -0.3 is 14.9 Å². The van der Waals surface area contributed by atoms with Crippen LogP contribution in [0.4, 0.5) is 0 Å². The zero-order valence-electron chi connectivity index (χ0n) is 11.9. The van der Waals surface area contributed by atoms with Crippen LogP contribution >= 0.6 is 0 Å². The van der Waals surface area contributed by atoms with Gasteiger partial charge in [-0.05, 0) is 25.0 Å². The van der Waals surface area contributed by atoms with Gasteiger partial charge in [0.1, 0.15) is 11.7 Å². The van der Waals surface area contributed by atoms with E-state index in [4.69, 9.17) is 5.11 Å². The van der Waals surface area contributed by atoms with E-state index in [1.54, 1.807) is 14.1 Å². The summed E-state index contributed by atoms with van der Waals surface area (Å²) in [5.41, 5.74) is -0.270. The van der Waals surface area contributed by atoms with Crippen LogP contribution in [0.3, 0.4) is 0 Å². The first-order valence-electron chi connectivity index (χ1n) is 6.64. The monoisotopic (exact) mass is 291 g/mol. The van der Waals surface area contributed by atoms with Crippen LogP contribution in [0.1, 0.15) is 33.7 Å². The Labute approximate surface area is 122 Å². The third-order valence-corrected chi connectivity index (χ3v) is 3.48. The number of likely N-dealkylation sites (N-methyl/N-ethyl adjacent to an activating group) is 1. The number of aromatic carboxylic acids is 1. The third-order valence-electron chi connectivity index (χ3n) is 3.48. The van der Waals surface area contributed by atoms with E-state index >= 15 is 0 Å². The molecule has 2 heterocycles. The number of carbonyl (C=O) groups is 3. The van der Waals surface area contributed by atoms with Gasteiger partial charge in [-0.25, -0.2) is 4.79 Å². The summed E-state index contributed by atoms with van der Waals surface area (Å²) >= 11 is 0. The summed E-state index contributed by atoms with van der Waals surface area (Å²) in [5.74, 6) is -1.87. The summed E-state index contributed by atoms with van der Waals surface area (Å²) in [6, 6.07) is 2.25. The summed E-state index contributed by atoms with van der Waals surface area (Å²) in [6.45, 7) is 0.429. The van der Waals surface area contributed by atoms with Crippen molar-refractivity contribution in [1.29, 1.82) is 0 Å². The molecule has 1 atom stereocenters. The minimum absolute atomic E-state index is 0.122. The number of carbonyl (C=O) groups excluding carboxylic acids is 2. The molecule has 0 aliphatic carbocycles. The van der Waals surface area contributed by atoms with Crippen LogP contribution in [0.5, 0.6) is 0 Å². The van der Waals surface area contributed by atoms with Gasteiger partial charge in [0, 0.05) is 26.8 Å². The molecule has 1 aliphatic rings. The fraction of sp³-hybridized carbons (Fsp3) is 0.429. The number of hydrogen-bond acceptors (Lipinski definition) is 4. The van der Waals surface area contributed by atoms with E-state index in [0.717, 1.165) is 0 Å². The smallest absolute Gasteiger partial charge is 0.338 e. The van der Waals surface area contributed by atoms with Crippen molar-refractivity contribution in [2.24, 2.45) is 0 Å². The van der Waals surface area contributed by atoms with E-state index in [1.165, 1.54) is 28.1 Å². The van der Waals surface area contributed by atoms with Crippen molar-refractivity contribution in [3.8, 4) is 0 Å². The van der Waals surface area contributed by atoms with E-state index in [1.807, 2.05) is 0 Å². The van der Waals surface area contributed by atoms with E-state index in [9.17, 15) is 14.4 Å². The molecule has 1 aromatic rings. The molecule has 0 spiro atoms. The molecule has 1 aromatic heterocycles. The molecule has 2 amide bonds. The van der Waals surface area contributed by atoms with Crippen LogP contribution < -0.4 is 0 Å². The third kappa shape index (κ3) is 2.86. The van der Waals surface area contributed by atoms with Crippen LogP contribution in [0.15, 0.2) is 18.3 Å². The van der Waals surface area contributed by atoms with Gasteiger partial charge in [0.25, 0.3) is 5.91 Å². The van der Waals surface area contributed by atoms with Crippen molar-refractivity contribution in [2.45, 2.75) is 18.9 Å². The fourth-order valence-corrected chi connectivity index (χ4v) is 2.45. The normalized spacial score (nSPS) is 17.6. The molecule has 0 radical (unpaired) electrons. The molecule has 7 heteroatoms. The lowest BCUT2D eigenvalue weighted by molar-refractivity contribution is -0.132. The summed E-state index contributed by atoms with van der Waals surface area (Å²) in [7, 11) is 3.26. The molecule has 1 unspecified atom stereocenters. The number of rotatable bonds is 3. The van der Waals surface area contributed by atoms with Crippen molar-refractivity contribution in [3.05, 3.63) is 29.6 Å². The molecule has 112 valence electrons. The Balaban J connectivity index is 2.31. The maximum absolute atomic E-state index is 12.5. The Morgan fingerprint density at radius 1 is 1.38 bits per heavy atom. The van der Waals surface area contributed by atoms with Gasteiger partial charge in [0.15, 0.2) is 0 Å². The standard InChI is InChI=1S/C14H17N3O4/c1-16(2)12(18)10-6-4-8-17(10)13(19)11-9(14(20)21)5-3-7-15-11/h3,5,7,10H,4,6,8H2,1-2H3,(H,20,21). The van der Waals surface area contributed by atoms with Gasteiger partial charge in [0.05, 0.1) is 5.56 Å². The maximum Gasteiger partial charge on any atom is 0.338 e. The number of pyridine rings is 1. The van der Waals surface area contributed by atoms with Gasteiger partial charge >= 0.3 is 5.97 Å². The lowest BCUT2D eigenvalue weighted by Crippen LogP contribution is -2.46. The van der Waals surface area contributed by atoms with E-state index in [0.29, 0.717) is 19.4 Å². The molecule has 1 N–H and O–H groups in total. The van der Waals surface area contributed by atoms with Gasteiger partial charge in [-0.1, -0.05) is 0 Å². The molecular formula is C14H17N3O4. The topological polar surface area (TPSA) is 90.8 Å². The highest BCUT2D eigenvalue weighted by Gasteiger charge is 2.37. The molecule has 21 heavy (non-hydrogen) atoms. The maximum atomic E-state index is 12.5. The number of amides is 2. The minimum atomic E-state index is -1.21. The first kappa shape index (κ1) is 15.0. The van der Waals surface area contributed by atoms with Crippen molar-refractivity contribution >= 4 is 17.8 Å².